The van der Waals surface area contributed by atoms with E-state index in [1.54, 1.807) is 0 Å². The molecule has 4 nitrogen and oxygen atoms in total. The number of allylic oxidation sites excluding steroid dienone is 2. The maximum atomic E-state index is 5.58. The number of H-pyrrole nitrogens is 2. The molecule has 0 saturated carbocycles. The third kappa shape index (κ3) is 5.60. The van der Waals surface area contributed by atoms with Crippen LogP contribution in [0, 0.1) is 0 Å². The zero-order valence-electron chi connectivity index (χ0n) is 26.3. The molecule has 0 unspecified atom stereocenters. The summed E-state index contributed by atoms with van der Waals surface area (Å²) in [7, 11) is 0. The van der Waals surface area contributed by atoms with E-state index >= 15 is 0 Å². The minimum absolute atomic E-state index is 0. The van der Waals surface area contributed by atoms with Gasteiger partial charge in [-0.25, -0.2) is 9.97 Å². The van der Waals surface area contributed by atoms with Crippen LogP contribution < -0.4 is 0 Å². The predicted molar refractivity (Wildman–Crippen MR) is 191 cm³/mol. The molecule has 0 spiro atoms. The molecule has 3 aromatic rings. The normalized spacial score (nSPS) is 12.5. The van der Waals surface area contributed by atoms with E-state index in [9.17, 15) is 0 Å². The van der Waals surface area contributed by atoms with Crippen molar-refractivity contribution in [2.75, 3.05) is 0 Å². The maximum absolute atomic E-state index is 5.58. The summed E-state index contributed by atoms with van der Waals surface area (Å²) < 4.78 is 0. The molecule has 42 heavy (non-hydrogen) atoms. The van der Waals surface area contributed by atoms with Crippen molar-refractivity contribution >= 4 is 77.6 Å². The molecule has 0 aliphatic carbocycles. The molecule has 2 aliphatic rings. The van der Waals surface area contributed by atoms with Crippen LogP contribution in [0.25, 0.3) is 45.4 Å². The van der Waals surface area contributed by atoms with Gasteiger partial charge >= 0.3 is 19.8 Å². The van der Waals surface area contributed by atoms with Crippen molar-refractivity contribution in [1.82, 2.24) is 19.9 Å². The Morgan fingerprint density at radius 2 is 0.833 bits per heavy atom. The van der Waals surface area contributed by atoms with Crippen molar-refractivity contribution in [3.63, 3.8) is 0 Å². The molecule has 0 fully saturated rings. The molecule has 5 rings (SSSR count). The summed E-state index contributed by atoms with van der Waals surface area (Å²) in [6.45, 7) is 18.3. The SMILES string of the molecule is CCC1=C(CC)c2nc1c(CC)c1[nH]c(cc3nc(cc4[nH]c(c2CC)c(CC)c4CC)C=C3)c(CC)c1CC.Cl.[GaH3]. The first-order chi connectivity index (χ1) is 19.5. The van der Waals surface area contributed by atoms with E-state index in [1.165, 1.54) is 78.0 Å². The molecule has 224 valence electrons. The van der Waals surface area contributed by atoms with Gasteiger partial charge in [0.25, 0.3) is 0 Å². The van der Waals surface area contributed by atoms with Gasteiger partial charge in [-0.05, 0) is 109 Å². The predicted octanol–water partition coefficient (Wildman–Crippen LogP) is 8.83. The molecule has 3 aromatic heterocycles. The number of nitrogens with zero attached hydrogens (tertiary/aromatic N) is 2. The standard InChI is InChI=1S/C36H46N4.ClH.Ga.3H/c1-9-23-25(11-3)33-29(15-7)35-27(13-5)28(14-6)36(40-35)30(16-8)34-26(12-4)24(10-2)32(39-34)20-22-18-17-21(37-22)19-31(23)38-33;;;;;/h17-20,38-39H,9-16H2,1-8H3;1H;;;;. The van der Waals surface area contributed by atoms with E-state index < -0.39 is 0 Å². The molecule has 8 bridgehead atoms. The monoisotopic (exact) mass is 642 g/mol. The fraction of sp³-hybridized carbons (Fsp3) is 0.444. The number of aryl methyl sites for hydroxylation is 6. The van der Waals surface area contributed by atoms with Gasteiger partial charge in [0.05, 0.1) is 22.8 Å². The Hall–Kier alpha value is -2.47. The molecule has 0 radical (unpaired) electrons. The first kappa shape index (κ1) is 34.0. The number of nitrogens with one attached hydrogen (secondary N) is 2. The van der Waals surface area contributed by atoms with Crippen LogP contribution in [0.2, 0.25) is 0 Å². The first-order valence-electron chi connectivity index (χ1n) is 15.7. The summed E-state index contributed by atoms with van der Waals surface area (Å²) in [6.07, 6.45) is 12.1. The molecule has 2 N–H and O–H groups in total. The number of aromatic nitrogens is 4. The Labute approximate surface area is 271 Å². The number of hydrogen-bond acceptors (Lipinski definition) is 2. The number of hydrogen-bond donors (Lipinski definition) is 2. The van der Waals surface area contributed by atoms with Crippen LogP contribution in [-0.4, -0.2) is 39.7 Å². The molecule has 0 atom stereocenters. The Morgan fingerprint density at radius 3 is 1.14 bits per heavy atom. The zero-order chi connectivity index (χ0) is 28.6. The molecular formula is C36H50ClGaN4. The van der Waals surface area contributed by atoms with Gasteiger partial charge in [0.1, 0.15) is 0 Å². The fourth-order valence-electron chi connectivity index (χ4n) is 7.12. The quantitative estimate of drug-likeness (QED) is 0.189. The third-order valence-corrected chi connectivity index (χ3v) is 8.93. The molecule has 6 heteroatoms. The van der Waals surface area contributed by atoms with Crippen LogP contribution in [0.3, 0.4) is 0 Å². The summed E-state index contributed by atoms with van der Waals surface area (Å²) in [5.74, 6) is 0. The fourth-order valence-corrected chi connectivity index (χ4v) is 7.12. The summed E-state index contributed by atoms with van der Waals surface area (Å²) in [5.41, 5.74) is 20.4. The average molecular weight is 644 g/mol. The molecular weight excluding hydrogens is 594 g/mol. The van der Waals surface area contributed by atoms with Crippen LogP contribution >= 0.6 is 12.4 Å². The summed E-state index contributed by atoms with van der Waals surface area (Å²) in [4.78, 5) is 18.4. The van der Waals surface area contributed by atoms with Gasteiger partial charge < -0.3 is 9.97 Å². The van der Waals surface area contributed by atoms with E-state index in [2.05, 4.69) is 89.6 Å². The van der Waals surface area contributed by atoms with Crippen LogP contribution in [0.5, 0.6) is 0 Å². The van der Waals surface area contributed by atoms with Crippen molar-refractivity contribution in [3.8, 4) is 0 Å². The first-order valence-corrected chi connectivity index (χ1v) is 15.7. The average Bonchev–Trinajstić information content (AvgIpc) is 3.73. The Balaban J connectivity index is 0.00000242. The van der Waals surface area contributed by atoms with Crippen molar-refractivity contribution in [2.24, 2.45) is 0 Å². The van der Waals surface area contributed by atoms with Gasteiger partial charge in [0, 0.05) is 33.2 Å². The summed E-state index contributed by atoms with van der Waals surface area (Å²) in [5, 5.41) is 0. The van der Waals surface area contributed by atoms with Gasteiger partial charge in [-0.1, -0.05) is 55.4 Å². The van der Waals surface area contributed by atoms with Crippen molar-refractivity contribution in [2.45, 2.75) is 107 Å². The van der Waals surface area contributed by atoms with E-state index in [-0.39, 0.29) is 32.2 Å². The summed E-state index contributed by atoms with van der Waals surface area (Å²) in [6, 6.07) is 4.47. The van der Waals surface area contributed by atoms with E-state index in [4.69, 9.17) is 9.97 Å². The molecule has 0 aromatic carbocycles. The van der Waals surface area contributed by atoms with Gasteiger partial charge in [-0.3, -0.25) is 0 Å². The Morgan fingerprint density at radius 1 is 0.476 bits per heavy atom. The van der Waals surface area contributed by atoms with E-state index in [0.29, 0.717) is 0 Å². The van der Waals surface area contributed by atoms with Crippen LogP contribution in [0.4, 0.5) is 0 Å². The van der Waals surface area contributed by atoms with E-state index in [0.717, 1.165) is 62.8 Å². The van der Waals surface area contributed by atoms with Crippen molar-refractivity contribution in [1.29, 1.82) is 0 Å². The van der Waals surface area contributed by atoms with Crippen molar-refractivity contribution < 1.29 is 0 Å². The second-order valence-corrected chi connectivity index (χ2v) is 10.9. The van der Waals surface area contributed by atoms with E-state index in [1.807, 2.05) is 0 Å². The molecule has 0 saturated heterocycles. The van der Waals surface area contributed by atoms with Crippen LogP contribution in [0.1, 0.15) is 124 Å². The summed E-state index contributed by atoms with van der Waals surface area (Å²) >= 11 is 0. The van der Waals surface area contributed by atoms with Gasteiger partial charge in [0.15, 0.2) is 0 Å². The van der Waals surface area contributed by atoms with Crippen LogP contribution in [0.15, 0.2) is 12.1 Å². The number of aromatic amines is 2. The third-order valence-electron chi connectivity index (χ3n) is 8.93. The number of fused-ring (bicyclic) bond motifs is 8. The zero-order valence-corrected chi connectivity index (χ0v) is 27.1. The Kier molecular flexibility index (Phi) is 11.6. The number of halogens is 1. The second kappa shape index (κ2) is 14.3. The molecule has 2 aliphatic heterocycles. The number of rotatable bonds is 8. The topological polar surface area (TPSA) is 57.4 Å². The second-order valence-electron chi connectivity index (χ2n) is 10.9. The minimum atomic E-state index is 0. The van der Waals surface area contributed by atoms with Gasteiger partial charge in [-0.2, -0.15) is 0 Å². The molecule has 0 amide bonds. The van der Waals surface area contributed by atoms with Gasteiger partial charge in [-0.15, -0.1) is 12.4 Å². The van der Waals surface area contributed by atoms with Crippen LogP contribution in [-0.2, 0) is 38.5 Å². The Bertz CT molecular complexity index is 1570. The molecule has 5 heterocycles. The van der Waals surface area contributed by atoms with Gasteiger partial charge in [0.2, 0.25) is 0 Å². The van der Waals surface area contributed by atoms with Crippen molar-refractivity contribution in [3.05, 3.63) is 68.3 Å².